The van der Waals surface area contributed by atoms with Crippen molar-refractivity contribution in [2.45, 2.75) is 71.0 Å². The van der Waals surface area contributed by atoms with Gasteiger partial charge in [-0.25, -0.2) is 0 Å². The van der Waals surface area contributed by atoms with E-state index in [2.05, 4.69) is 10.6 Å². The maximum absolute atomic E-state index is 13.0. The Balaban J connectivity index is 1.81. The van der Waals surface area contributed by atoms with Crippen molar-refractivity contribution >= 4 is 17.6 Å². The molecule has 0 unspecified atom stereocenters. The molecule has 11 heteroatoms. The summed E-state index contributed by atoms with van der Waals surface area (Å²) in [5, 5.41) is 37.9. The molecule has 35 heavy (non-hydrogen) atoms. The standard InChI is InChI=1S/C24H37N3O8/c1-13(2)23(32)33-12-15-5-6-16(26-14(3)4)17(11-15)34-24-20(30)18(28)19(29)21(35-24)22(31)27-9-7-25-8-10-27/h5-6,11,13-14,18-21,24-26,28-30H,7-10,12H2,1-4H3/t18-,19-,20+,21-,24+/m0/s1. The second-order valence-electron chi connectivity index (χ2n) is 9.48. The molecule has 0 bridgehead atoms. The first-order valence-corrected chi connectivity index (χ1v) is 12.0. The van der Waals surface area contributed by atoms with Gasteiger partial charge >= 0.3 is 5.97 Å². The number of aliphatic hydroxyl groups is 3. The maximum Gasteiger partial charge on any atom is 0.308 e. The summed E-state index contributed by atoms with van der Waals surface area (Å²) in [4.78, 5) is 26.4. The number of anilines is 1. The lowest BCUT2D eigenvalue weighted by atomic mass is 9.97. The molecule has 11 nitrogen and oxygen atoms in total. The first kappa shape index (κ1) is 27.2. The fraction of sp³-hybridized carbons (Fsp3) is 0.667. The van der Waals surface area contributed by atoms with E-state index < -0.39 is 36.6 Å². The Morgan fingerprint density at radius 1 is 1.11 bits per heavy atom. The highest BCUT2D eigenvalue weighted by atomic mass is 16.7. The molecule has 2 fully saturated rings. The number of carbonyl (C=O) groups excluding carboxylic acids is 2. The quantitative estimate of drug-likeness (QED) is 0.308. The lowest BCUT2D eigenvalue weighted by Crippen LogP contribution is -2.64. The van der Waals surface area contributed by atoms with Crippen LogP contribution < -0.4 is 15.4 Å². The van der Waals surface area contributed by atoms with Gasteiger partial charge in [-0.3, -0.25) is 9.59 Å². The van der Waals surface area contributed by atoms with E-state index in [0.29, 0.717) is 37.4 Å². The molecular weight excluding hydrogens is 458 g/mol. The molecule has 2 aliphatic rings. The number of benzene rings is 1. The van der Waals surface area contributed by atoms with E-state index in [9.17, 15) is 24.9 Å². The summed E-state index contributed by atoms with van der Waals surface area (Å²) in [5.41, 5.74) is 1.22. The van der Waals surface area contributed by atoms with Crippen LogP contribution in [0, 0.1) is 5.92 Å². The number of esters is 1. The summed E-state index contributed by atoms with van der Waals surface area (Å²) in [5.74, 6) is -0.808. The fourth-order valence-electron chi connectivity index (χ4n) is 3.85. The monoisotopic (exact) mass is 495 g/mol. The molecule has 1 aromatic carbocycles. The van der Waals surface area contributed by atoms with Gasteiger partial charge < -0.3 is 45.1 Å². The highest BCUT2D eigenvalue weighted by Crippen LogP contribution is 2.32. The van der Waals surface area contributed by atoms with E-state index in [1.165, 1.54) is 0 Å². The lowest BCUT2D eigenvalue weighted by molar-refractivity contribution is -0.269. The SMILES string of the molecule is CC(C)Nc1ccc(COC(=O)C(C)C)cc1O[C@@H]1O[C@H](C(=O)N2CCNCC2)[C@@H](O)[C@H](O)[C@H]1O. The van der Waals surface area contributed by atoms with Crippen LogP contribution in [0.15, 0.2) is 18.2 Å². The van der Waals surface area contributed by atoms with Crippen molar-refractivity contribution < 1.29 is 39.1 Å². The van der Waals surface area contributed by atoms with Crippen molar-refractivity contribution in [2.75, 3.05) is 31.5 Å². The Bertz CT molecular complexity index is 874. The minimum atomic E-state index is -1.65. The van der Waals surface area contributed by atoms with Crippen molar-refractivity contribution in [2.24, 2.45) is 5.92 Å². The van der Waals surface area contributed by atoms with Crippen molar-refractivity contribution in [3.05, 3.63) is 23.8 Å². The molecule has 2 saturated heterocycles. The highest BCUT2D eigenvalue weighted by Gasteiger charge is 2.49. The van der Waals surface area contributed by atoms with Gasteiger partial charge in [-0.15, -0.1) is 0 Å². The van der Waals surface area contributed by atoms with E-state index in [1.54, 1.807) is 36.9 Å². The van der Waals surface area contributed by atoms with Crippen LogP contribution in [-0.4, -0.2) is 95.0 Å². The van der Waals surface area contributed by atoms with Crippen LogP contribution in [0.1, 0.15) is 33.3 Å². The van der Waals surface area contributed by atoms with E-state index in [1.807, 2.05) is 13.8 Å². The van der Waals surface area contributed by atoms with Crippen LogP contribution in [0.5, 0.6) is 5.75 Å². The van der Waals surface area contributed by atoms with Gasteiger partial charge in [-0.2, -0.15) is 0 Å². The molecule has 5 N–H and O–H groups in total. The summed E-state index contributed by atoms with van der Waals surface area (Å²) in [6, 6.07) is 5.21. The number of ether oxygens (including phenoxy) is 3. The van der Waals surface area contributed by atoms with Crippen molar-refractivity contribution in [1.82, 2.24) is 10.2 Å². The number of nitrogens with one attached hydrogen (secondary N) is 2. The van der Waals surface area contributed by atoms with Gasteiger partial charge in [-0.05, 0) is 31.5 Å². The van der Waals surface area contributed by atoms with E-state index in [-0.39, 0.29) is 30.3 Å². The average Bonchev–Trinajstić information content (AvgIpc) is 2.83. The largest absolute Gasteiger partial charge is 0.461 e. The Morgan fingerprint density at radius 3 is 2.43 bits per heavy atom. The Kier molecular flexibility index (Phi) is 9.31. The molecule has 0 spiro atoms. The smallest absolute Gasteiger partial charge is 0.308 e. The molecule has 2 heterocycles. The third kappa shape index (κ3) is 6.83. The van der Waals surface area contributed by atoms with E-state index in [0.717, 1.165) is 0 Å². The van der Waals surface area contributed by atoms with Crippen molar-refractivity contribution in [3.8, 4) is 5.75 Å². The number of carbonyl (C=O) groups is 2. The molecule has 0 saturated carbocycles. The van der Waals surface area contributed by atoms with E-state index in [4.69, 9.17) is 14.2 Å². The predicted molar refractivity (Wildman–Crippen MR) is 127 cm³/mol. The van der Waals surface area contributed by atoms with Crippen LogP contribution in [-0.2, 0) is 25.7 Å². The van der Waals surface area contributed by atoms with Gasteiger partial charge in [0.2, 0.25) is 6.29 Å². The number of hydrogen-bond donors (Lipinski definition) is 5. The lowest BCUT2D eigenvalue weighted by Gasteiger charge is -2.41. The number of hydrogen-bond acceptors (Lipinski definition) is 10. The molecule has 0 aromatic heterocycles. The van der Waals surface area contributed by atoms with Gasteiger partial charge in [0.1, 0.15) is 30.7 Å². The molecule has 3 rings (SSSR count). The Morgan fingerprint density at radius 2 is 1.80 bits per heavy atom. The number of aliphatic hydroxyl groups excluding tert-OH is 3. The maximum atomic E-state index is 13.0. The van der Waals surface area contributed by atoms with Crippen LogP contribution in [0.2, 0.25) is 0 Å². The fourth-order valence-corrected chi connectivity index (χ4v) is 3.85. The molecule has 2 aliphatic heterocycles. The third-order valence-electron chi connectivity index (χ3n) is 5.83. The number of nitrogens with zero attached hydrogens (tertiary/aromatic N) is 1. The highest BCUT2D eigenvalue weighted by molar-refractivity contribution is 5.82. The van der Waals surface area contributed by atoms with E-state index >= 15 is 0 Å². The van der Waals surface area contributed by atoms with Crippen molar-refractivity contribution in [1.29, 1.82) is 0 Å². The van der Waals surface area contributed by atoms with Gasteiger partial charge in [0.05, 0.1) is 11.6 Å². The van der Waals surface area contributed by atoms with Gasteiger partial charge in [0, 0.05) is 32.2 Å². The Labute approximate surface area is 205 Å². The molecule has 1 amide bonds. The molecule has 1 aromatic rings. The normalized spacial score (nSPS) is 27.1. The molecule has 0 aliphatic carbocycles. The summed E-state index contributed by atoms with van der Waals surface area (Å²) in [6.07, 6.45) is -7.68. The zero-order valence-electron chi connectivity index (χ0n) is 20.6. The molecular formula is C24H37N3O8. The van der Waals surface area contributed by atoms with Gasteiger partial charge in [-0.1, -0.05) is 19.9 Å². The Hall–Kier alpha value is -2.44. The average molecular weight is 496 g/mol. The first-order chi connectivity index (χ1) is 16.6. The summed E-state index contributed by atoms with van der Waals surface area (Å²) < 4.78 is 17.0. The molecule has 0 radical (unpaired) electrons. The molecule has 5 atom stereocenters. The summed E-state index contributed by atoms with van der Waals surface area (Å²) >= 11 is 0. The zero-order valence-corrected chi connectivity index (χ0v) is 20.6. The number of amides is 1. The van der Waals surface area contributed by atoms with Crippen LogP contribution in [0.25, 0.3) is 0 Å². The number of piperazine rings is 1. The number of rotatable bonds is 8. The topological polar surface area (TPSA) is 150 Å². The minimum absolute atomic E-state index is 0.0227. The van der Waals surface area contributed by atoms with Crippen LogP contribution in [0.3, 0.4) is 0 Å². The first-order valence-electron chi connectivity index (χ1n) is 12.0. The van der Waals surface area contributed by atoms with Crippen LogP contribution >= 0.6 is 0 Å². The minimum Gasteiger partial charge on any atom is -0.461 e. The van der Waals surface area contributed by atoms with Crippen molar-refractivity contribution in [3.63, 3.8) is 0 Å². The predicted octanol–water partition coefficient (Wildman–Crippen LogP) is -0.176. The summed E-state index contributed by atoms with van der Waals surface area (Å²) in [7, 11) is 0. The second-order valence-corrected chi connectivity index (χ2v) is 9.48. The van der Waals surface area contributed by atoms with Gasteiger partial charge in [0.25, 0.3) is 5.91 Å². The van der Waals surface area contributed by atoms with Gasteiger partial charge in [0.15, 0.2) is 6.10 Å². The second kappa shape index (κ2) is 12.0. The molecule has 196 valence electrons. The third-order valence-corrected chi connectivity index (χ3v) is 5.83. The zero-order chi connectivity index (χ0) is 25.7. The summed E-state index contributed by atoms with van der Waals surface area (Å²) in [6.45, 7) is 9.49. The van der Waals surface area contributed by atoms with Crippen LogP contribution in [0.4, 0.5) is 5.69 Å².